The summed E-state index contributed by atoms with van der Waals surface area (Å²) in [6.45, 7) is 1.94. The number of hydrogen-bond acceptors (Lipinski definition) is 5. The quantitative estimate of drug-likeness (QED) is 0.256. The van der Waals surface area contributed by atoms with Gasteiger partial charge in [0.1, 0.15) is 0 Å². The number of aromatic nitrogens is 2. The summed E-state index contributed by atoms with van der Waals surface area (Å²) >= 11 is 0. The molecule has 0 aliphatic heterocycles. The SMILES string of the molecule is Cc1cc[nH]n1.Nc1ccc(C=Cc2ccccc2)cc1N.O=S(=O)(O)O. The molecule has 1 heterocycles. The van der Waals surface area contributed by atoms with Gasteiger partial charge in [0, 0.05) is 6.20 Å². The van der Waals surface area contributed by atoms with Crippen LogP contribution in [0.2, 0.25) is 0 Å². The summed E-state index contributed by atoms with van der Waals surface area (Å²) in [5.41, 5.74) is 15.9. The third-order valence-electron chi connectivity index (χ3n) is 3.02. The minimum atomic E-state index is -4.67. The van der Waals surface area contributed by atoms with Crippen molar-refractivity contribution in [2.45, 2.75) is 6.92 Å². The lowest BCUT2D eigenvalue weighted by Crippen LogP contribution is -1.93. The molecule has 9 heteroatoms. The zero-order valence-corrected chi connectivity index (χ0v) is 15.5. The second kappa shape index (κ2) is 10.8. The Morgan fingerprint density at radius 1 is 0.926 bits per heavy atom. The van der Waals surface area contributed by atoms with E-state index in [-0.39, 0.29) is 0 Å². The highest BCUT2D eigenvalue weighted by Gasteiger charge is 1.94. The minimum Gasteiger partial charge on any atom is -0.397 e. The molecule has 27 heavy (non-hydrogen) atoms. The summed E-state index contributed by atoms with van der Waals surface area (Å²) in [5, 5.41) is 6.47. The van der Waals surface area contributed by atoms with Crippen molar-refractivity contribution < 1.29 is 17.5 Å². The van der Waals surface area contributed by atoms with E-state index >= 15 is 0 Å². The lowest BCUT2D eigenvalue weighted by molar-refractivity contribution is 0.381. The fraction of sp³-hybridized carbons (Fsp3) is 0.0556. The van der Waals surface area contributed by atoms with Crippen LogP contribution >= 0.6 is 0 Å². The minimum absolute atomic E-state index is 0.621. The lowest BCUT2D eigenvalue weighted by Gasteiger charge is -2.00. The summed E-state index contributed by atoms with van der Waals surface area (Å²) in [7, 11) is -4.67. The fourth-order valence-electron chi connectivity index (χ4n) is 1.79. The monoisotopic (exact) mass is 390 g/mol. The highest BCUT2D eigenvalue weighted by molar-refractivity contribution is 7.79. The van der Waals surface area contributed by atoms with Gasteiger partial charge in [0.15, 0.2) is 0 Å². The molecule has 0 fully saturated rings. The van der Waals surface area contributed by atoms with Gasteiger partial charge in [0.2, 0.25) is 0 Å². The lowest BCUT2D eigenvalue weighted by atomic mass is 10.1. The van der Waals surface area contributed by atoms with Crippen LogP contribution in [-0.4, -0.2) is 27.7 Å². The molecule has 0 amide bonds. The van der Waals surface area contributed by atoms with E-state index < -0.39 is 10.4 Å². The van der Waals surface area contributed by atoms with Gasteiger partial charge >= 0.3 is 10.4 Å². The van der Waals surface area contributed by atoms with E-state index in [2.05, 4.69) is 22.3 Å². The Bertz CT molecular complexity index is 933. The Hall–Kier alpha value is -3.14. The van der Waals surface area contributed by atoms with Gasteiger partial charge in [-0.3, -0.25) is 14.2 Å². The number of aromatic amines is 1. The fourth-order valence-corrected chi connectivity index (χ4v) is 1.79. The van der Waals surface area contributed by atoms with Crippen LogP contribution in [0.5, 0.6) is 0 Å². The second-order valence-electron chi connectivity index (χ2n) is 5.30. The Morgan fingerprint density at radius 2 is 1.52 bits per heavy atom. The van der Waals surface area contributed by atoms with Gasteiger partial charge in [-0.25, -0.2) is 0 Å². The van der Waals surface area contributed by atoms with Crippen LogP contribution in [0.25, 0.3) is 12.2 Å². The van der Waals surface area contributed by atoms with Gasteiger partial charge < -0.3 is 11.5 Å². The van der Waals surface area contributed by atoms with Gasteiger partial charge in [-0.05, 0) is 36.2 Å². The molecule has 0 aliphatic rings. The van der Waals surface area contributed by atoms with Crippen molar-refractivity contribution in [2.24, 2.45) is 0 Å². The standard InChI is InChI=1S/C14H14N2.C4H6N2.H2O4S/c15-13-9-8-12(10-14(13)16)7-6-11-4-2-1-3-5-11;1-4-2-3-5-6-4;1-5(2,3)4/h1-10H,15-16H2;2-3H,1H3,(H,5,6);(H2,1,2,3,4). The molecule has 2 aromatic carbocycles. The molecule has 3 aromatic rings. The van der Waals surface area contributed by atoms with E-state index in [0.717, 1.165) is 16.8 Å². The third kappa shape index (κ3) is 11.2. The number of nitrogen functional groups attached to an aromatic ring is 2. The summed E-state index contributed by atoms with van der Waals surface area (Å²) < 4.78 is 31.6. The number of nitrogens with two attached hydrogens (primary N) is 2. The maximum atomic E-state index is 8.74. The van der Waals surface area contributed by atoms with Crippen LogP contribution < -0.4 is 11.5 Å². The van der Waals surface area contributed by atoms with E-state index in [1.807, 2.05) is 61.5 Å². The van der Waals surface area contributed by atoms with Crippen LogP contribution in [0.3, 0.4) is 0 Å². The highest BCUT2D eigenvalue weighted by atomic mass is 32.3. The number of hydrogen-bond donors (Lipinski definition) is 5. The van der Waals surface area contributed by atoms with Crippen LogP contribution in [0.15, 0.2) is 60.8 Å². The van der Waals surface area contributed by atoms with Gasteiger partial charge in [-0.2, -0.15) is 13.5 Å². The predicted octanol–water partition coefficient (Wildman–Crippen LogP) is 3.09. The number of rotatable bonds is 2. The van der Waals surface area contributed by atoms with Crippen molar-refractivity contribution in [3.05, 3.63) is 77.6 Å². The first-order valence-corrected chi connectivity index (χ1v) is 9.09. The molecule has 0 spiro atoms. The van der Waals surface area contributed by atoms with E-state index in [1.54, 1.807) is 6.20 Å². The van der Waals surface area contributed by atoms with E-state index in [0.29, 0.717) is 11.4 Å². The van der Waals surface area contributed by atoms with E-state index in [9.17, 15) is 0 Å². The van der Waals surface area contributed by atoms with E-state index in [1.165, 1.54) is 0 Å². The molecule has 0 unspecified atom stereocenters. The number of nitrogens with zero attached hydrogens (tertiary/aromatic N) is 1. The topological polar surface area (TPSA) is 155 Å². The van der Waals surface area contributed by atoms with Crippen LogP contribution in [0.1, 0.15) is 16.8 Å². The first-order chi connectivity index (χ1) is 12.6. The molecule has 0 atom stereocenters. The zero-order chi connectivity index (χ0) is 20.3. The summed E-state index contributed by atoms with van der Waals surface area (Å²) in [6.07, 6.45) is 5.87. The molecule has 0 bridgehead atoms. The maximum Gasteiger partial charge on any atom is 0.394 e. The first kappa shape index (κ1) is 21.9. The van der Waals surface area contributed by atoms with Gasteiger partial charge in [-0.1, -0.05) is 48.6 Å². The first-order valence-electron chi connectivity index (χ1n) is 7.69. The molecule has 0 saturated carbocycles. The molecule has 1 aromatic heterocycles. The van der Waals surface area contributed by atoms with Crippen molar-refractivity contribution in [1.82, 2.24) is 10.2 Å². The summed E-state index contributed by atoms with van der Waals surface area (Å²) in [4.78, 5) is 0. The molecule has 0 saturated heterocycles. The number of H-pyrrole nitrogens is 1. The van der Waals surface area contributed by atoms with Crippen LogP contribution in [0.4, 0.5) is 11.4 Å². The zero-order valence-electron chi connectivity index (χ0n) is 14.6. The average molecular weight is 390 g/mol. The smallest absolute Gasteiger partial charge is 0.394 e. The number of nitrogens with one attached hydrogen (secondary N) is 1. The Labute approximate surface area is 158 Å². The van der Waals surface area contributed by atoms with Gasteiger partial charge in [0.05, 0.1) is 17.1 Å². The number of anilines is 2. The maximum absolute atomic E-state index is 8.74. The molecule has 7 N–H and O–H groups in total. The number of benzene rings is 2. The normalized spacial score (nSPS) is 10.5. The van der Waals surface area contributed by atoms with Crippen molar-refractivity contribution in [3.63, 3.8) is 0 Å². The Kier molecular flexibility index (Phi) is 8.73. The summed E-state index contributed by atoms with van der Waals surface area (Å²) in [5.74, 6) is 0. The van der Waals surface area contributed by atoms with Crippen molar-refractivity contribution in [2.75, 3.05) is 11.5 Å². The van der Waals surface area contributed by atoms with Crippen LogP contribution in [0, 0.1) is 6.92 Å². The molecule has 144 valence electrons. The van der Waals surface area contributed by atoms with Gasteiger partial charge in [0.25, 0.3) is 0 Å². The predicted molar refractivity (Wildman–Crippen MR) is 108 cm³/mol. The number of aryl methyl sites for hydroxylation is 1. The molecular weight excluding hydrogens is 368 g/mol. The highest BCUT2D eigenvalue weighted by Crippen LogP contribution is 2.17. The average Bonchev–Trinajstić information content (AvgIpc) is 3.07. The molecule has 0 radical (unpaired) electrons. The Morgan fingerprint density at radius 3 is 1.96 bits per heavy atom. The molecule has 0 aliphatic carbocycles. The Balaban J connectivity index is 0.000000272. The van der Waals surface area contributed by atoms with Crippen molar-refractivity contribution >= 4 is 33.9 Å². The third-order valence-corrected chi connectivity index (χ3v) is 3.02. The molecular formula is C18H22N4O4S. The van der Waals surface area contributed by atoms with Crippen molar-refractivity contribution in [1.29, 1.82) is 0 Å². The molecule has 8 nitrogen and oxygen atoms in total. The van der Waals surface area contributed by atoms with E-state index in [4.69, 9.17) is 29.0 Å². The van der Waals surface area contributed by atoms with Gasteiger partial charge in [-0.15, -0.1) is 0 Å². The molecule has 3 rings (SSSR count). The largest absolute Gasteiger partial charge is 0.397 e. The summed E-state index contributed by atoms with van der Waals surface area (Å²) in [6, 6.07) is 17.7. The van der Waals surface area contributed by atoms with Crippen LogP contribution in [-0.2, 0) is 10.4 Å². The second-order valence-corrected chi connectivity index (χ2v) is 6.19. The van der Waals surface area contributed by atoms with Crippen molar-refractivity contribution in [3.8, 4) is 0 Å².